The van der Waals surface area contributed by atoms with Crippen molar-refractivity contribution in [3.8, 4) is 0 Å². The first kappa shape index (κ1) is 15.4. The molecule has 1 aliphatic heterocycles. The van der Waals surface area contributed by atoms with Gasteiger partial charge in [0.2, 0.25) is 0 Å². The molecule has 97 valence electrons. The van der Waals surface area contributed by atoms with E-state index in [2.05, 4.69) is 62.3 Å². The van der Waals surface area contributed by atoms with E-state index in [9.17, 15) is 0 Å². The Morgan fingerprint density at radius 3 is 1.24 bits per heavy atom. The Labute approximate surface area is 111 Å². The van der Waals surface area contributed by atoms with Crippen molar-refractivity contribution in [3.05, 3.63) is 10.6 Å². The van der Waals surface area contributed by atoms with Crippen LogP contribution in [0.5, 0.6) is 0 Å². The number of allylic oxidation sites excluding steroid dienone is 2. The maximum Gasteiger partial charge on any atom is -0.00426 e. The first-order valence-electron chi connectivity index (χ1n) is 6.39. The van der Waals surface area contributed by atoms with Gasteiger partial charge in [0, 0.05) is 0 Å². The van der Waals surface area contributed by atoms with Crippen LogP contribution in [0.15, 0.2) is 10.6 Å². The summed E-state index contributed by atoms with van der Waals surface area (Å²) < 4.78 is 0. The Kier molecular flexibility index (Phi) is 4.05. The van der Waals surface area contributed by atoms with E-state index in [1.165, 1.54) is 16.8 Å². The third-order valence-corrected chi connectivity index (χ3v) is 7.53. The highest BCUT2D eigenvalue weighted by atomic mass is 31.1. The van der Waals surface area contributed by atoms with E-state index in [4.69, 9.17) is 0 Å². The maximum atomic E-state index is 2.35. The van der Waals surface area contributed by atoms with Crippen LogP contribution < -0.4 is 0 Å². The Hall–Kier alpha value is 0.340. The smallest absolute Gasteiger partial charge is 0.00426 e. The summed E-state index contributed by atoms with van der Waals surface area (Å²) in [7, 11) is 2.97. The lowest BCUT2D eigenvalue weighted by atomic mass is 9.88. The Morgan fingerprint density at radius 1 is 0.588 bits per heavy atom. The summed E-state index contributed by atoms with van der Waals surface area (Å²) in [5, 5.41) is 4.96. The van der Waals surface area contributed by atoms with Gasteiger partial charge in [-0.25, -0.2) is 0 Å². The van der Waals surface area contributed by atoms with Crippen LogP contribution in [0.4, 0.5) is 0 Å². The van der Waals surface area contributed by atoms with E-state index in [-0.39, 0.29) is 0 Å². The SMILES string of the molecule is CC(C)(C)C1=PC(C(C)(C)C)=C(C(C)(C)C)[P]1. The normalized spacial score (nSPS) is 21.1. The second-order valence-electron chi connectivity index (χ2n) is 7.99. The van der Waals surface area contributed by atoms with Crippen molar-refractivity contribution in [1.82, 2.24) is 0 Å². The fraction of sp³-hybridized carbons (Fsp3) is 0.800. The van der Waals surface area contributed by atoms with Crippen LogP contribution in [0.1, 0.15) is 62.3 Å². The highest BCUT2D eigenvalue weighted by Crippen LogP contribution is 2.59. The summed E-state index contributed by atoms with van der Waals surface area (Å²) in [4.78, 5) is 0. The molecule has 0 spiro atoms. The van der Waals surface area contributed by atoms with Crippen LogP contribution in [0, 0.1) is 16.2 Å². The molecule has 0 atom stereocenters. The van der Waals surface area contributed by atoms with E-state index < -0.39 is 0 Å². The van der Waals surface area contributed by atoms with E-state index in [1.54, 1.807) is 15.7 Å². The van der Waals surface area contributed by atoms with Gasteiger partial charge in [-0.1, -0.05) is 70.5 Å². The molecular weight excluding hydrogens is 242 g/mol. The molecular formula is C15H27P2. The number of rotatable bonds is 0. The van der Waals surface area contributed by atoms with Crippen molar-refractivity contribution in [1.29, 1.82) is 0 Å². The first-order valence-corrected chi connectivity index (χ1v) is 8.18. The molecule has 0 aliphatic carbocycles. The molecule has 0 aromatic carbocycles. The molecule has 2 heteroatoms. The molecule has 0 fully saturated rings. The van der Waals surface area contributed by atoms with Gasteiger partial charge in [0.1, 0.15) is 0 Å². The fourth-order valence-electron chi connectivity index (χ4n) is 1.72. The average molecular weight is 269 g/mol. The van der Waals surface area contributed by atoms with Gasteiger partial charge >= 0.3 is 0 Å². The minimum Gasteiger partial charge on any atom is -0.0667 e. The second kappa shape index (κ2) is 4.47. The first-order chi connectivity index (χ1) is 7.33. The summed E-state index contributed by atoms with van der Waals surface area (Å²) in [5.74, 6) is 0. The van der Waals surface area contributed by atoms with E-state index in [1.807, 2.05) is 0 Å². The van der Waals surface area contributed by atoms with Gasteiger partial charge in [-0.3, -0.25) is 0 Å². The van der Waals surface area contributed by atoms with Gasteiger partial charge in [0.05, 0.1) is 0 Å². The van der Waals surface area contributed by atoms with Crippen molar-refractivity contribution < 1.29 is 0 Å². The third-order valence-electron chi connectivity index (χ3n) is 2.75. The molecule has 1 rings (SSSR count). The highest BCUT2D eigenvalue weighted by Gasteiger charge is 2.35. The van der Waals surface area contributed by atoms with Crippen LogP contribution in [-0.4, -0.2) is 5.03 Å². The van der Waals surface area contributed by atoms with Crippen LogP contribution in [-0.2, 0) is 0 Å². The molecule has 0 unspecified atom stereocenters. The Morgan fingerprint density at radius 2 is 1.00 bits per heavy atom. The van der Waals surface area contributed by atoms with Crippen molar-refractivity contribution in [2.24, 2.45) is 16.2 Å². The van der Waals surface area contributed by atoms with Crippen molar-refractivity contribution in [2.75, 3.05) is 0 Å². The van der Waals surface area contributed by atoms with E-state index in [0.29, 0.717) is 16.2 Å². The molecule has 0 nitrogen and oxygen atoms in total. The van der Waals surface area contributed by atoms with E-state index in [0.717, 1.165) is 0 Å². The van der Waals surface area contributed by atoms with Crippen molar-refractivity contribution >= 4 is 21.8 Å². The molecule has 0 saturated heterocycles. The summed E-state index contributed by atoms with van der Waals surface area (Å²) in [6.07, 6.45) is 0. The van der Waals surface area contributed by atoms with Gasteiger partial charge in [-0.2, -0.15) is 0 Å². The molecule has 17 heavy (non-hydrogen) atoms. The van der Waals surface area contributed by atoms with Crippen molar-refractivity contribution in [3.63, 3.8) is 0 Å². The average Bonchev–Trinajstić information content (AvgIpc) is 2.42. The Bertz CT molecular complexity index is 365. The molecule has 0 aromatic heterocycles. The quantitative estimate of drug-likeness (QED) is 0.448. The van der Waals surface area contributed by atoms with Gasteiger partial charge in [0.25, 0.3) is 0 Å². The molecule has 0 saturated carbocycles. The lowest BCUT2D eigenvalue weighted by Crippen LogP contribution is -2.15. The molecule has 0 N–H and O–H groups in total. The minimum atomic E-state index is 0.296. The summed E-state index contributed by atoms with van der Waals surface area (Å²) in [5.41, 5.74) is 0.918. The highest BCUT2D eigenvalue weighted by molar-refractivity contribution is 7.80. The molecule has 1 radical (unpaired) electrons. The minimum absolute atomic E-state index is 0.296. The lowest BCUT2D eigenvalue weighted by molar-refractivity contribution is 0.486. The van der Waals surface area contributed by atoms with Crippen LogP contribution in [0.3, 0.4) is 0 Å². The zero-order valence-corrected chi connectivity index (χ0v) is 14.7. The fourth-order valence-corrected chi connectivity index (χ4v) is 5.47. The maximum absolute atomic E-state index is 2.35. The lowest BCUT2D eigenvalue weighted by Gasteiger charge is -2.28. The standard InChI is InChI=1S/C15H27P2/c1-13(2,3)10-11(14(4,5)6)17-12(16-10)15(7,8)9/h1-9H3. The van der Waals surface area contributed by atoms with Crippen LogP contribution in [0.2, 0.25) is 0 Å². The van der Waals surface area contributed by atoms with Crippen LogP contribution in [0.25, 0.3) is 0 Å². The zero-order valence-electron chi connectivity index (χ0n) is 12.9. The summed E-state index contributed by atoms with van der Waals surface area (Å²) in [6.45, 7) is 21.1. The van der Waals surface area contributed by atoms with Gasteiger partial charge in [-0.05, 0) is 40.5 Å². The third kappa shape index (κ3) is 3.65. The zero-order chi connectivity index (χ0) is 13.6. The topological polar surface area (TPSA) is 0 Å². The van der Waals surface area contributed by atoms with Gasteiger partial charge < -0.3 is 0 Å². The monoisotopic (exact) mass is 269 g/mol. The Balaban J connectivity index is 3.23. The predicted octanol–water partition coefficient (Wildman–Crippen LogP) is 6.37. The number of hydrogen-bond acceptors (Lipinski definition) is 0. The number of hydrogen-bond donors (Lipinski definition) is 0. The molecule has 0 amide bonds. The van der Waals surface area contributed by atoms with Gasteiger partial charge in [-0.15, -0.1) is 0 Å². The largest absolute Gasteiger partial charge is 0.0667 e. The molecule has 0 aromatic rings. The summed E-state index contributed by atoms with van der Waals surface area (Å²) >= 11 is 0. The molecule has 1 aliphatic rings. The van der Waals surface area contributed by atoms with Crippen LogP contribution >= 0.6 is 16.8 Å². The predicted molar refractivity (Wildman–Crippen MR) is 84.2 cm³/mol. The summed E-state index contributed by atoms with van der Waals surface area (Å²) in [6, 6.07) is 0. The molecule has 0 bridgehead atoms. The van der Waals surface area contributed by atoms with Gasteiger partial charge in [0.15, 0.2) is 0 Å². The second-order valence-corrected chi connectivity index (χ2v) is 10.6. The molecule has 1 heterocycles. The van der Waals surface area contributed by atoms with E-state index >= 15 is 0 Å². The van der Waals surface area contributed by atoms with Crippen molar-refractivity contribution in [2.45, 2.75) is 62.3 Å².